The summed E-state index contributed by atoms with van der Waals surface area (Å²) in [7, 11) is 1.52. The number of nitrogens with zero attached hydrogens (tertiary/aromatic N) is 1. The molecule has 1 aromatic rings. The zero-order chi connectivity index (χ0) is 8.81. The summed E-state index contributed by atoms with van der Waals surface area (Å²) in [6.45, 7) is 0. The van der Waals surface area contributed by atoms with Crippen molar-refractivity contribution in [2.45, 2.75) is 6.42 Å². The van der Waals surface area contributed by atoms with Gasteiger partial charge in [0.1, 0.15) is 7.11 Å². The average Bonchev–Trinajstić information content (AvgIpc) is 2.09. The van der Waals surface area contributed by atoms with Gasteiger partial charge in [0.15, 0.2) is 0 Å². The second-order valence-electron chi connectivity index (χ2n) is 2.27. The largest absolute Gasteiger partial charge is 0.399 e. The Kier molecular flexibility index (Phi) is 3.61. The van der Waals surface area contributed by atoms with E-state index in [4.69, 9.17) is 11.6 Å². The zero-order valence-electron chi connectivity index (χ0n) is 6.83. The Morgan fingerprint density at radius 2 is 2.25 bits per heavy atom. The van der Waals surface area contributed by atoms with Gasteiger partial charge in [0, 0.05) is 17.7 Å². The minimum Gasteiger partial charge on any atom is -0.399 e. The Hall–Kier alpha value is -1.02. The van der Waals surface area contributed by atoms with Crippen LogP contribution in [0.1, 0.15) is 5.56 Å². The van der Waals surface area contributed by atoms with E-state index in [1.807, 2.05) is 24.3 Å². The summed E-state index contributed by atoms with van der Waals surface area (Å²) in [6.07, 6.45) is 2.38. The molecule has 0 aliphatic heterocycles. The summed E-state index contributed by atoms with van der Waals surface area (Å²) in [4.78, 5) is 4.53. The fourth-order valence-corrected chi connectivity index (χ4v) is 1.09. The van der Waals surface area contributed by atoms with Gasteiger partial charge >= 0.3 is 0 Å². The van der Waals surface area contributed by atoms with E-state index in [1.165, 1.54) is 7.11 Å². The lowest BCUT2D eigenvalue weighted by molar-refractivity contribution is 0.215. The van der Waals surface area contributed by atoms with Crippen LogP contribution in [0.4, 0.5) is 0 Å². The fraction of sp³-hybridized carbons (Fsp3) is 0.222. The van der Waals surface area contributed by atoms with Gasteiger partial charge < -0.3 is 4.84 Å². The van der Waals surface area contributed by atoms with Crippen LogP contribution in [0.25, 0.3) is 0 Å². The summed E-state index contributed by atoms with van der Waals surface area (Å²) >= 11 is 5.90. The smallest absolute Gasteiger partial charge is 0.106 e. The van der Waals surface area contributed by atoms with Crippen LogP contribution in [0.3, 0.4) is 0 Å². The molecule has 1 rings (SSSR count). The first kappa shape index (κ1) is 9.07. The van der Waals surface area contributed by atoms with Crippen LogP contribution >= 0.6 is 11.6 Å². The maximum atomic E-state index is 5.90. The molecule has 0 heterocycles. The molecule has 2 nitrogen and oxygen atoms in total. The maximum Gasteiger partial charge on any atom is 0.106 e. The predicted molar refractivity (Wildman–Crippen MR) is 50.7 cm³/mol. The van der Waals surface area contributed by atoms with Crippen molar-refractivity contribution in [1.82, 2.24) is 0 Å². The summed E-state index contributed by atoms with van der Waals surface area (Å²) in [5.41, 5.74) is 1.06. The van der Waals surface area contributed by atoms with E-state index >= 15 is 0 Å². The van der Waals surface area contributed by atoms with Gasteiger partial charge in [-0.15, -0.1) is 0 Å². The Morgan fingerprint density at radius 3 is 2.92 bits per heavy atom. The summed E-state index contributed by atoms with van der Waals surface area (Å²) < 4.78 is 0. The van der Waals surface area contributed by atoms with Crippen LogP contribution in [0, 0.1) is 0 Å². The number of halogens is 1. The van der Waals surface area contributed by atoms with Crippen LogP contribution in [0.5, 0.6) is 0 Å². The van der Waals surface area contributed by atoms with E-state index in [2.05, 4.69) is 9.99 Å². The molecule has 0 aliphatic rings. The second-order valence-corrected chi connectivity index (χ2v) is 2.67. The number of hydrogen-bond donors (Lipinski definition) is 0. The Bertz CT molecular complexity index is 273. The van der Waals surface area contributed by atoms with E-state index < -0.39 is 0 Å². The highest BCUT2D eigenvalue weighted by Gasteiger charge is 1.94. The SMILES string of the molecule is CON=CCc1ccccc1Cl. The molecule has 0 spiro atoms. The lowest BCUT2D eigenvalue weighted by atomic mass is 10.2. The van der Waals surface area contributed by atoms with E-state index in [0.717, 1.165) is 10.6 Å². The van der Waals surface area contributed by atoms with Gasteiger partial charge in [-0.3, -0.25) is 0 Å². The third kappa shape index (κ3) is 2.55. The molecule has 0 aromatic heterocycles. The summed E-state index contributed by atoms with van der Waals surface area (Å²) in [5, 5.41) is 4.39. The van der Waals surface area contributed by atoms with Gasteiger partial charge in [-0.05, 0) is 11.6 Å². The highest BCUT2D eigenvalue weighted by atomic mass is 35.5. The van der Waals surface area contributed by atoms with E-state index in [0.29, 0.717) is 6.42 Å². The first-order chi connectivity index (χ1) is 5.84. The molecular formula is C9H10ClNO. The quantitative estimate of drug-likeness (QED) is 0.521. The molecular weight excluding hydrogens is 174 g/mol. The van der Waals surface area contributed by atoms with Crippen LogP contribution in [0.2, 0.25) is 5.02 Å². The van der Waals surface area contributed by atoms with Crippen molar-refractivity contribution < 1.29 is 4.84 Å². The molecule has 0 saturated heterocycles. The summed E-state index contributed by atoms with van der Waals surface area (Å²) in [6, 6.07) is 7.67. The van der Waals surface area contributed by atoms with Crippen LogP contribution < -0.4 is 0 Å². The molecule has 0 N–H and O–H groups in total. The molecule has 0 amide bonds. The number of rotatable bonds is 3. The van der Waals surface area contributed by atoms with Crippen LogP contribution in [-0.2, 0) is 11.3 Å². The van der Waals surface area contributed by atoms with Crippen LogP contribution in [0.15, 0.2) is 29.4 Å². The molecule has 0 atom stereocenters. The van der Waals surface area contributed by atoms with E-state index in [-0.39, 0.29) is 0 Å². The first-order valence-electron chi connectivity index (χ1n) is 3.63. The van der Waals surface area contributed by atoms with E-state index in [1.54, 1.807) is 6.21 Å². The fourth-order valence-electron chi connectivity index (χ4n) is 0.874. The van der Waals surface area contributed by atoms with Crippen molar-refractivity contribution in [2.75, 3.05) is 7.11 Å². The second kappa shape index (κ2) is 4.78. The van der Waals surface area contributed by atoms with Gasteiger partial charge in [0.25, 0.3) is 0 Å². The third-order valence-corrected chi connectivity index (χ3v) is 1.82. The zero-order valence-corrected chi connectivity index (χ0v) is 7.58. The van der Waals surface area contributed by atoms with Gasteiger partial charge in [0.05, 0.1) is 0 Å². The lowest BCUT2D eigenvalue weighted by Gasteiger charge is -1.97. The monoisotopic (exact) mass is 183 g/mol. The van der Waals surface area contributed by atoms with Crippen molar-refractivity contribution in [2.24, 2.45) is 5.16 Å². The lowest BCUT2D eigenvalue weighted by Crippen LogP contribution is -1.87. The van der Waals surface area contributed by atoms with Gasteiger partial charge in [-0.1, -0.05) is 35.0 Å². The standard InChI is InChI=1S/C9H10ClNO/c1-12-11-7-6-8-4-2-3-5-9(8)10/h2-5,7H,6H2,1H3. The minimum absolute atomic E-state index is 0.702. The maximum absolute atomic E-state index is 5.90. The van der Waals surface area contributed by atoms with Gasteiger partial charge in [-0.2, -0.15) is 0 Å². The summed E-state index contributed by atoms with van der Waals surface area (Å²) in [5.74, 6) is 0. The molecule has 0 unspecified atom stereocenters. The van der Waals surface area contributed by atoms with Crippen molar-refractivity contribution in [1.29, 1.82) is 0 Å². The average molecular weight is 184 g/mol. The topological polar surface area (TPSA) is 21.6 Å². The highest BCUT2D eigenvalue weighted by molar-refractivity contribution is 6.31. The Labute approximate surface area is 76.8 Å². The Balaban J connectivity index is 2.63. The Morgan fingerprint density at radius 1 is 1.50 bits per heavy atom. The van der Waals surface area contributed by atoms with Crippen molar-refractivity contribution in [3.05, 3.63) is 34.9 Å². The minimum atomic E-state index is 0.702. The molecule has 0 bridgehead atoms. The van der Waals surface area contributed by atoms with Crippen molar-refractivity contribution in [3.63, 3.8) is 0 Å². The number of oxime groups is 1. The molecule has 1 aromatic carbocycles. The van der Waals surface area contributed by atoms with Gasteiger partial charge in [0.2, 0.25) is 0 Å². The molecule has 0 saturated carbocycles. The third-order valence-electron chi connectivity index (χ3n) is 1.45. The molecule has 0 radical (unpaired) electrons. The molecule has 3 heteroatoms. The van der Waals surface area contributed by atoms with E-state index in [9.17, 15) is 0 Å². The van der Waals surface area contributed by atoms with Gasteiger partial charge in [-0.25, -0.2) is 0 Å². The van der Waals surface area contributed by atoms with Crippen LogP contribution in [-0.4, -0.2) is 13.3 Å². The van der Waals surface area contributed by atoms with Crippen molar-refractivity contribution in [3.8, 4) is 0 Å². The predicted octanol–water partition coefficient (Wildman–Crippen LogP) is 2.51. The first-order valence-corrected chi connectivity index (χ1v) is 4.01. The molecule has 0 fully saturated rings. The molecule has 64 valence electrons. The number of hydrogen-bond acceptors (Lipinski definition) is 2. The number of benzene rings is 1. The molecule has 12 heavy (non-hydrogen) atoms. The normalized spacial score (nSPS) is 10.5. The molecule has 0 aliphatic carbocycles. The van der Waals surface area contributed by atoms with Crippen molar-refractivity contribution >= 4 is 17.8 Å². The highest BCUT2D eigenvalue weighted by Crippen LogP contribution is 2.14.